The highest BCUT2D eigenvalue weighted by atomic mass is 16.7. The number of carbonyl (C=O) groups excluding carboxylic acids is 2. The molecular weight excluding hydrogens is 522 g/mol. The van der Waals surface area contributed by atoms with Gasteiger partial charge in [0, 0.05) is 57.3 Å². The van der Waals surface area contributed by atoms with Crippen LogP contribution in [-0.4, -0.2) is 67.6 Å². The van der Waals surface area contributed by atoms with Gasteiger partial charge in [0.15, 0.2) is 0 Å². The topological polar surface area (TPSA) is 101 Å². The zero-order valence-corrected chi connectivity index (χ0v) is 24.3. The van der Waals surface area contributed by atoms with Crippen LogP contribution in [0.15, 0.2) is 42.5 Å². The summed E-state index contributed by atoms with van der Waals surface area (Å²) in [6, 6.07) is 12.8. The first-order valence-corrected chi connectivity index (χ1v) is 14.3. The van der Waals surface area contributed by atoms with Gasteiger partial charge in [-0.15, -0.1) is 0 Å². The first-order chi connectivity index (χ1) is 19.7. The van der Waals surface area contributed by atoms with Crippen LogP contribution in [0.5, 0.6) is 5.75 Å². The molecule has 0 spiro atoms. The van der Waals surface area contributed by atoms with E-state index in [1.807, 2.05) is 50.2 Å². The molecule has 4 rings (SSSR count). The summed E-state index contributed by atoms with van der Waals surface area (Å²) in [4.78, 5) is 26.5. The van der Waals surface area contributed by atoms with E-state index in [9.17, 15) is 14.7 Å². The van der Waals surface area contributed by atoms with Gasteiger partial charge in [-0.2, -0.15) is 0 Å². The van der Waals surface area contributed by atoms with E-state index in [2.05, 4.69) is 17.2 Å². The molecule has 2 aliphatic heterocycles. The van der Waals surface area contributed by atoms with Gasteiger partial charge in [-0.25, -0.2) is 4.79 Å². The second-order valence-corrected chi connectivity index (χ2v) is 10.8. The smallest absolute Gasteiger partial charge is 0.331 e. The molecular formula is C32H41N3O6. The van der Waals surface area contributed by atoms with Gasteiger partial charge < -0.3 is 24.6 Å². The van der Waals surface area contributed by atoms with E-state index in [4.69, 9.17) is 14.2 Å². The fraction of sp³-hybridized carbons (Fsp3) is 0.500. The molecule has 2 aromatic rings. The molecule has 1 saturated heterocycles. The number of amides is 3. The second-order valence-electron chi connectivity index (χ2n) is 10.8. The lowest BCUT2D eigenvalue weighted by molar-refractivity contribution is -0.180. The molecule has 1 fully saturated rings. The molecule has 3 amide bonds. The number of hydrogen-bond acceptors (Lipinski definition) is 7. The summed E-state index contributed by atoms with van der Waals surface area (Å²) in [5.41, 5.74) is 3.30. The number of hydrogen-bond donors (Lipinski definition) is 2. The van der Waals surface area contributed by atoms with Gasteiger partial charge in [-0.3, -0.25) is 14.6 Å². The Morgan fingerprint density at radius 2 is 1.93 bits per heavy atom. The monoisotopic (exact) mass is 563 g/mol. The van der Waals surface area contributed by atoms with Crippen molar-refractivity contribution in [1.82, 2.24) is 10.2 Å². The molecule has 0 saturated carbocycles. The van der Waals surface area contributed by atoms with E-state index in [-0.39, 0.29) is 18.5 Å². The molecule has 2 N–H and O–H groups in total. The second kappa shape index (κ2) is 14.5. The lowest BCUT2D eigenvalue weighted by Crippen LogP contribution is -2.35. The molecule has 2 aromatic carbocycles. The van der Waals surface area contributed by atoms with E-state index in [1.54, 1.807) is 6.07 Å². The molecule has 220 valence electrons. The van der Waals surface area contributed by atoms with Crippen molar-refractivity contribution in [3.63, 3.8) is 0 Å². The van der Waals surface area contributed by atoms with Crippen molar-refractivity contribution < 1.29 is 28.9 Å². The number of imide groups is 1. The average Bonchev–Trinajstić information content (AvgIpc) is 3.22. The largest absolute Gasteiger partial charge is 0.463 e. The Bertz CT molecular complexity index is 1270. The number of benzene rings is 2. The molecule has 0 unspecified atom stereocenters. The Hall–Kier alpha value is -3.42. The number of aliphatic hydroxyl groups excluding tert-OH is 1. The number of urea groups is 1. The van der Waals surface area contributed by atoms with E-state index in [0.717, 1.165) is 59.6 Å². The van der Waals surface area contributed by atoms with Gasteiger partial charge in [-0.1, -0.05) is 36.8 Å². The maximum absolute atomic E-state index is 12.2. The highest BCUT2D eigenvalue weighted by Crippen LogP contribution is 2.32. The van der Waals surface area contributed by atoms with Crippen LogP contribution in [0.25, 0.3) is 0 Å². The molecule has 2 aliphatic rings. The lowest BCUT2D eigenvalue weighted by Gasteiger charge is -2.33. The lowest BCUT2D eigenvalue weighted by atomic mass is 10.0. The highest BCUT2D eigenvalue weighted by molar-refractivity contribution is 6.11. The summed E-state index contributed by atoms with van der Waals surface area (Å²) >= 11 is 0. The minimum Gasteiger partial charge on any atom is -0.463 e. The number of nitrogens with zero attached hydrogens (tertiary/aromatic N) is 2. The summed E-state index contributed by atoms with van der Waals surface area (Å²) in [6.45, 7) is 6.98. The number of likely N-dealkylation sites (N-methyl/N-ethyl adjacent to an activating group) is 1. The Balaban J connectivity index is 1.02. The van der Waals surface area contributed by atoms with Crippen molar-refractivity contribution >= 4 is 17.6 Å². The quantitative estimate of drug-likeness (QED) is 0.212. The predicted octanol–water partition coefficient (Wildman–Crippen LogP) is 4.37. The molecule has 1 atom stereocenters. The van der Waals surface area contributed by atoms with Crippen LogP contribution >= 0.6 is 0 Å². The molecule has 9 heteroatoms. The zero-order chi connectivity index (χ0) is 29.2. The zero-order valence-electron chi connectivity index (χ0n) is 24.3. The minimum atomic E-state index is -0.620. The van der Waals surface area contributed by atoms with E-state index >= 15 is 0 Å². The molecule has 2 heterocycles. The molecule has 9 nitrogen and oxygen atoms in total. The number of aliphatic hydroxyl groups is 1. The van der Waals surface area contributed by atoms with Crippen LogP contribution in [0, 0.1) is 11.8 Å². The molecule has 0 aromatic heterocycles. The molecule has 0 radical (unpaired) electrons. The third kappa shape index (κ3) is 8.78. The number of ether oxygens (including phenoxy) is 3. The summed E-state index contributed by atoms with van der Waals surface area (Å²) in [7, 11) is 1.49. The molecule has 0 aliphatic carbocycles. The van der Waals surface area contributed by atoms with Crippen LogP contribution in [-0.2, 0) is 20.9 Å². The van der Waals surface area contributed by atoms with Crippen LogP contribution in [0.3, 0.4) is 0 Å². The fourth-order valence-electron chi connectivity index (χ4n) is 4.67. The minimum absolute atomic E-state index is 0.0567. The number of carbonyl (C=O) groups is 2. The Morgan fingerprint density at radius 1 is 1.10 bits per heavy atom. The summed E-state index contributed by atoms with van der Waals surface area (Å²) in [6.07, 6.45) is 4.31. The van der Waals surface area contributed by atoms with Gasteiger partial charge in [0.05, 0.1) is 19.3 Å². The summed E-state index contributed by atoms with van der Waals surface area (Å²) in [5.74, 6) is 6.20. The van der Waals surface area contributed by atoms with Gasteiger partial charge in [-0.05, 0) is 55.3 Å². The standard InChI is InChI=1S/C32H41N3O6/c1-32(2)40-23-26-20-25(14-15-29(26)41-32)28(36)21-33-16-7-4-5-8-17-39-18-9-6-11-24-12-10-13-27(19-24)35-22-30(37)34(3)31(35)38/h10,12-15,19-20,28,33,36H,4-5,7-9,16-18,21-23H2,1-3H3/t28-/m1/s1. The van der Waals surface area contributed by atoms with Crippen molar-refractivity contribution in [2.45, 2.75) is 64.4 Å². The van der Waals surface area contributed by atoms with Crippen molar-refractivity contribution in [2.24, 2.45) is 0 Å². The normalized spacial score (nSPS) is 16.7. The van der Waals surface area contributed by atoms with Gasteiger partial charge >= 0.3 is 6.03 Å². The van der Waals surface area contributed by atoms with Crippen molar-refractivity contribution in [3.05, 3.63) is 59.2 Å². The van der Waals surface area contributed by atoms with Crippen LogP contribution < -0.4 is 15.0 Å². The maximum Gasteiger partial charge on any atom is 0.331 e. The summed E-state index contributed by atoms with van der Waals surface area (Å²) < 4.78 is 17.2. The fourth-order valence-corrected chi connectivity index (χ4v) is 4.67. The van der Waals surface area contributed by atoms with E-state index < -0.39 is 11.9 Å². The maximum atomic E-state index is 12.2. The average molecular weight is 564 g/mol. The Morgan fingerprint density at radius 3 is 2.73 bits per heavy atom. The van der Waals surface area contributed by atoms with Crippen molar-refractivity contribution in [2.75, 3.05) is 44.8 Å². The number of fused-ring (bicyclic) bond motifs is 1. The van der Waals surface area contributed by atoms with Crippen LogP contribution in [0.1, 0.15) is 68.7 Å². The SMILES string of the molecule is CN1C(=O)CN(c2cccc(C#CCCOCCCCCCNC[C@@H](O)c3ccc4c(c3)COC(C)(C)O4)c2)C1=O. The third-order valence-corrected chi connectivity index (χ3v) is 7.08. The van der Waals surface area contributed by atoms with Gasteiger partial charge in [0.2, 0.25) is 11.7 Å². The summed E-state index contributed by atoms with van der Waals surface area (Å²) in [5, 5.41) is 13.9. The first-order valence-electron chi connectivity index (χ1n) is 14.3. The number of nitrogens with one attached hydrogen (secondary N) is 1. The Kier molecular flexibility index (Phi) is 10.8. The molecule has 0 bridgehead atoms. The van der Waals surface area contributed by atoms with Gasteiger partial charge in [0.1, 0.15) is 12.3 Å². The highest BCUT2D eigenvalue weighted by Gasteiger charge is 2.34. The first kappa shape index (κ1) is 30.5. The van der Waals surface area contributed by atoms with Crippen molar-refractivity contribution in [1.29, 1.82) is 0 Å². The van der Waals surface area contributed by atoms with Crippen LogP contribution in [0.4, 0.5) is 10.5 Å². The van der Waals surface area contributed by atoms with E-state index in [1.165, 1.54) is 11.9 Å². The number of rotatable bonds is 13. The number of anilines is 1. The number of unbranched alkanes of at least 4 members (excludes halogenated alkanes) is 3. The van der Waals surface area contributed by atoms with Crippen molar-refractivity contribution in [3.8, 4) is 17.6 Å². The third-order valence-electron chi connectivity index (χ3n) is 7.08. The Labute approximate surface area is 242 Å². The van der Waals surface area contributed by atoms with E-state index in [0.29, 0.717) is 38.5 Å². The van der Waals surface area contributed by atoms with Gasteiger partial charge in [0.25, 0.3) is 0 Å². The van der Waals surface area contributed by atoms with Crippen LogP contribution in [0.2, 0.25) is 0 Å². The molecule has 41 heavy (non-hydrogen) atoms. The predicted molar refractivity (Wildman–Crippen MR) is 157 cm³/mol.